The predicted octanol–water partition coefficient (Wildman–Crippen LogP) is 2.98. The van der Waals surface area contributed by atoms with Crippen LogP contribution < -0.4 is 0 Å². The van der Waals surface area contributed by atoms with Gasteiger partial charge < -0.3 is 9.47 Å². The van der Waals surface area contributed by atoms with Crippen LogP contribution in [0.1, 0.15) is 32.3 Å². The van der Waals surface area contributed by atoms with Gasteiger partial charge in [-0.05, 0) is 25.3 Å². The van der Waals surface area contributed by atoms with Crippen LogP contribution in [0.2, 0.25) is 0 Å². The van der Waals surface area contributed by atoms with Gasteiger partial charge in [-0.1, -0.05) is 37.3 Å². The van der Waals surface area contributed by atoms with E-state index in [1.807, 2.05) is 32.0 Å². The summed E-state index contributed by atoms with van der Waals surface area (Å²) < 4.78 is 10.7. The minimum Gasteiger partial charge on any atom is -0.460 e. The standard InChI is InChI=1S/C15H22O3/c1-3-7-15(16)18-13(2)12-17-11-10-14-8-5-4-6-9-14/h4-6,8-9,13H,3,7,10-12H2,1-2H3/t13-/m0/s1. The summed E-state index contributed by atoms with van der Waals surface area (Å²) in [7, 11) is 0. The molecule has 0 saturated carbocycles. The molecular weight excluding hydrogens is 228 g/mol. The molecule has 0 N–H and O–H groups in total. The largest absolute Gasteiger partial charge is 0.460 e. The second kappa shape index (κ2) is 8.70. The molecule has 1 aromatic carbocycles. The number of rotatable bonds is 8. The molecule has 0 bridgehead atoms. The number of esters is 1. The first-order valence-electron chi connectivity index (χ1n) is 6.53. The lowest BCUT2D eigenvalue weighted by Crippen LogP contribution is -2.20. The molecule has 0 aliphatic rings. The van der Waals surface area contributed by atoms with Crippen LogP contribution >= 0.6 is 0 Å². The summed E-state index contributed by atoms with van der Waals surface area (Å²) in [6, 6.07) is 10.2. The topological polar surface area (TPSA) is 35.5 Å². The molecule has 0 radical (unpaired) electrons. The Morgan fingerprint density at radius 3 is 2.67 bits per heavy atom. The number of carbonyl (C=O) groups excluding carboxylic acids is 1. The molecule has 0 saturated heterocycles. The normalized spacial score (nSPS) is 12.1. The Balaban J connectivity index is 2.09. The SMILES string of the molecule is CCCC(=O)O[C@@H](C)COCCc1ccccc1. The molecule has 0 aliphatic carbocycles. The Labute approximate surface area is 109 Å². The average molecular weight is 250 g/mol. The monoisotopic (exact) mass is 250 g/mol. The zero-order chi connectivity index (χ0) is 13.2. The number of benzene rings is 1. The third-order valence-corrected chi connectivity index (χ3v) is 2.52. The Kier molecular flexibility index (Phi) is 7.11. The molecule has 3 nitrogen and oxygen atoms in total. The molecule has 0 aromatic heterocycles. The van der Waals surface area contributed by atoms with Crippen LogP contribution in [-0.4, -0.2) is 25.3 Å². The van der Waals surface area contributed by atoms with Gasteiger partial charge in [0.25, 0.3) is 0 Å². The third-order valence-electron chi connectivity index (χ3n) is 2.52. The summed E-state index contributed by atoms with van der Waals surface area (Å²) in [4.78, 5) is 11.2. The molecular formula is C15H22O3. The first kappa shape index (κ1) is 14.7. The van der Waals surface area contributed by atoms with E-state index in [1.165, 1.54) is 5.56 Å². The van der Waals surface area contributed by atoms with Gasteiger partial charge in [-0.3, -0.25) is 4.79 Å². The van der Waals surface area contributed by atoms with Crippen molar-refractivity contribution >= 4 is 5.97 Å². The summed E-state index contributed by atoms with van der Waals surface area (Å²) in [5.41, 5.74) is 1.26. The summed E-state index contributed by atoms with van der Waals surface area (Å²) in [6.45, 7) is 4.93. The van der Waals surface area contributed by atoms with Crippen molar-refractivity contribution in [2.45, 2.75) is 39.2 Å². The van der Waals surface area contributed by atoms with Crippen LogP contribution in [0.15, 0.2) is 30.3 Å². The molecule has 18 heavy (non-hydrogen) atoms. The fourth-order valence-electron chi connectivity index (χ4n) is 1.61. The summed E-state index contributed by atoms with van der Waals surface area (Å²) in [5, 5.41) is 0. The Bertz CT molecular complexity index is 335. The molecule has 0 spiro atoms. The van der Waals surface area contributed by atoms with Gasteiger partial charge in [-0.25, -0.2) is 0 Å². The highest BCUT2D eigenvalue weighted by molar-refractivity contribution is 5.69. The molecule has 0 unspecified atom stereocenters. The molecule has 1 rings (SSSR count). The summed E-state index contributed by atoms with van der Waals surface area (Å²) in [6.07, 6.45) is 2.02. The van der Waals surface area contributed by atoms with Crippen molar-refractivity contribution in [3.63, 3.8) is 0 Å². The lowest BCUT2D eigenvalue weighted by Gasteiger charge is -2.13. The zero-order valence-electron chi connectivity index (χ0n) is 11.2. The van der Waals surface area contributed by atoms with Crippen molar-refractivity contribution < 1.29 is 14.3 Å². The lowest BCUT2D eigenvalue weighted by molar-refractivity contribution is -0.151. The average Bonchev–Trinajstić information content (AvgIpc) is 2.36. The van der Waals surface area contributed by atoms with Crippen LogP contribution in [0.3, 0.4) is 0 Å². The van der Waals surface area contributed by atoms with Gasteiger partial charge in [0.15, 0.2) is 0 Å². The van der Waals surface area contributed by atoms with Crippen LogP contribution in [0.25, 0.3) is 0 Å². The highest BCUT2D eigenvalue weighted by Gasteiger charge is 2.08. The molecule has 1 atom stereocenters. The Morgan fingerprint density at radius 2 is 2.00 bits per heavy atom. The summed E-state index contributed by atoms with van der Waals surface area (Å²) in [5.74, 6) is -0.142. The van der Waals surface area contributed by atoms with Gasteiger partial charge in [0, 0.05) is 6.42 Å². The van der Waals surface area contributed by atoms with Crippen molar-refractivity contribution in [2.24, 2.45) is 0 Å². The molecule has 0 heterocycles. The number of hydrogen-bond donors (Lipinski definition) is 0. The maximum atomic E-state index is 11.2. The van der Waals surface area contributed by atoms with Crippen LogP contribution in [0, 0.1) is 0 Å². The van der Waals surface area contributed by atoms with E-state index >= 15 is 0 Å². The molecule has 0 aliphatic heterocycles. The van der Waals surface area contributed by atoms with E-state index in [1.54, 1.807) is 0 Å². The highest BCUT2D eigenvalue weighted by Crippen LogP contribution is 2.01. The second-order valence-corrected chi connectivity index (χ2v) is 4.36. The van der Waals surface area contributed by atoms with E-state index < -0.39 is 0 Å². The van der Waals surface area contributed by atoms with Crippen molar-refractivity contribution in [3.8, 4) is 0 Å². The molecule has 3 heteroatoms. The highest BCUT2D eigenvalue weighted by atomic mass is 16.6. The Hall–Kier alpha value is -1.35. The predicted molar refractivity (Wildman–Crippen MR) is 71.4 cm³/mol. The molecule has 100 valence electrons. The number of ether oxygens (including phenoxy) is 2. The van der Waals surface area contributed by atoms with Gasteiger partial charge in [-0.2, -0.15) is 0 Å². The van der Waals surface area contributed by atoms with Crippen LogP contribution in [0.4, 0.5) is 0 Å². The lowest BCUT2D eigenvalue weighted by atomic mass is 10.2. The minimum absolute atomic E-state index is 0.142. The number of hydrogen-bond acceptors (Lipinski definition) is 3. The van der Waals surface area contributed by atoms with Crippen LogP contribution in [-0.2, 0) is 20.7 Å². The van der Waals surface area contributed by atoms with E-state index in [-0.39, 0.29) is 12.1 Å². The molecule has 1 aromatic rings. The smallest absolute Gasteiger partial charge is 0.306 e. The van der Waals surface area contributed by atoms with Crippen molar-refractivity contribution in [1.29, 1.82) is 0 Å². The van der Waals surface area contributed by atoms with E-state index in [4.69, 9.17) is 9.47 Å². The van der Waals surface area contributed by atoms with Crippen molar-refractivity contribution in [2.75, 3.05) is 13.2 Å². The van der Waals surface area contributed by atoms with Gasteiger partial charge in [-0.15, -0.1) is 0 Å². The van der Waals surface area contributed by atoms with E-state index in [0.717, 1.165) is 12.8 Å². The zero-order valence-corrected chi connectivity index (χ0v) is 11.2. The van der Waals surface area contributed by atoms with Crippen molar-refractivity contribution in [3.05, 3.63) is 35.9 Å². The first-order chi connectivity index (χ1) is 8.72. The second-order valence-electron chi connectivity index (χ2n) is 4.36. The van der Waals surface area contributed by atoms with E-state index in [0.29, 0.717) is 19.6 Å². The van der Waals surface area contributed by atoms with Gasteiger partial charge in [0.05, 0.1) is 13.2 Å². The van der Waals surface area contributed by atoms with Crippen molar-refractivity contribution in [1.82, 2.24) is 0 Å². The molecule has 0 amide bonds. The maximum Gasteiger partial charge on any atom is 0.306 e. The van der Waals surface area contributed by atoms with E-state index in [9.17, 15) is 4.79 Å². The first-order valence-corrected chi connectivity index (χ1v) is 6.53. The Morgan fingerprint density at radius 1 is 1.28 bits per heavy atom. The third kappa shape index (κ3) is 6.40. The van der Waals surface area contributed by atoms with Gasteiger partial charge in [0.2, 0.25) is 0 Å². The maximum absolute atomic E-state index is 11.2. The quantitative estimate of drug-likeness (QED) is 0.525. The fourth-order valence-corrected chi connectivity index (χ4v) is 1.61. The minimum atomic E-state index is -0.167. The molecule has 0 fully saturated rings. The van der Waals surface area contributed by atoms with Gasteiger partial charge in [0.1, 0.15) is 6.10 Å². The summed E-state index contributed by atoms with van der Waals surface area (Å²) >= 11 is 0. The number of carbonyl (C=O) groups is 1. The van der Waals surface area contributed by atoms with E-state index in [2.05, 4.69) is 12.1 Å². The van der Waals surface area contributed by atoms with Crippen LogP contribution in [0.5, 0.6) is 0 Å². The van der Waals surface area contributed by atoms with Gasteiger partial charge >= 0.3 is 5.97 Å². The fraction of sp³-hybridized carbons (Fsp3) is 0.533.